The highest BCUT2D eigenvalue weighted by Crippen LogP contribution is 2.32. The number of piperidine rings is 1. The predicted octanol–water partition coefficient (Wildman–Crippen LogP) is 3.98. The monoisotopic (exact) mass is 340 g/mol. The van der Waals surface area contributed by atoms with Crippen molar-refractivity contribution in [3.05, 3.63) is 35.9 Å². The molecule has 134 valence electrons. The number of halogens is 2. The SMILES string of the molecule is CC(C)(C)OC(=O)N1CCC(NCC(F)F)C[C@H]1c1ccccc1. The number of nitrogens with zero attached hydrogens (tertiary/aromatic N) is 1. The lowest BCUT2D eigenvalue weighted by molar-refractivity contribution is 0.00579. The van der Waals surface area contributed by atoms with Gasteiger partial charge in [-0.15, -0.1) is 0 Å². The maximum Gasteiger partial charge on any atom is 0.410 e. The molecule has 1 heterocycles. The zero-order chi connectivity index (χ0) is 17.7. The lowest BCUT2D eigenvalue weighted by Crippen LogP contribution is -2.48. The normalized spacial score (nSPS) is 21.8. The van der Waals surface area contributed by atoms with E-state index in [1.165, 1.54) is 0 Å². The van der Waals surface area contributed by atoms with Crippen molar-refractivity contribution in [3.63, 3.8) is 0 Å². The summed E-state index contributed by atoms with van der Waals surface area (Å²) in [6.45, 7) is 5.66. The van der Waals surface area contributed by atoms with E-state index in [4.69, 9.17) is 4.74 Å². The van der Waals surface area contributed by atoms with Crippen LogP contribution < -0.4 is 5.32 Å². The molecular formula is C18H26F2N2O2. The molecule has 1 N–H and O–H groups in total. The van der Waals surface area contributed by atoms with Crippen molar-refractivity contribution in [2.24, 2.45) is 0 Å². The fourth-order valence-electron chi connectivity index (χ4n) is 2.94. The number of hydrogen-bond donors (Lipinski definition) is 1. The highest BCUT2D eigenvalue weighted by molar-refractivity contribution is 5.69. The molecule has 2 rings (SSSR count). The summed E-state index contributed by atoms with van der Waals surface area (Å²) >= 11 is 0. The van der Waals surface area contributed by atoms with Crippen LogP contribution in [0.3, 0.4) is 0 Å². The van der Waals surface area contributed by atoms with Gasteiger partial charge >= 0.3 is 6.09 Å². The molecule has 1 aromatic rings. The number of carbonyl (C=O) groups is 1. The first-order valence-electron chi connectivity index (χ1n) is 8.32. The van der Waals surface area contributed by atoms with Gasteiger partial charge in [0.2, 0.25) is 0 Å². The smallest absolute Gasteiger partial charge is 0.410 e. The third-order valence-electron chi connectivity index (χ3n) is 3.98. The molecule has 0 radical (unpaired) electrons. The molecule has 0 aliphatic carbocycles. The topological polar surface area (TPSA) is 41.6 Å². The molecule has 1 aliphatic rings. The van der Waals surface area contributed by atoms with Gasteiger partial charge in [-0.05, 0) is 39.2 Å². The highest BCUT2D eigenvalue weighted by atomic mass is 19.3. The van der Waals surface area contributed by atoms with Crippen LogP contribution in [0.25, 0.3) is 0 Å². The molecule has 1 fully saturated rings. The van der Waals surface area contributed by atoms with E-state index in [0.717, 1.165) is 5.56 Å². The number of hydrogen-bond acceptors (Lipinski definition) is 3. The Bertz CT molecular complexity index is 532. The zero-order valence-electron chi connectivity index (χ0n) is 14.5. The molecule has 0 spiro atoms. The van der Waals surface area contributed by atoms with Crippen LogP contribution in [0.5, 0.6) is 0 Å². The number of amides is 1. The van der Waals surface area contributed by atoms with Gasteiger partial charge in [0.1, 0.15) is 5.60 Å². The second-order valence-electron chi connectivity index (χ2n) is 7.12. The van der Waals surface area contributed by atoms with Crippen LogP contribution in [0, 0.1) is 0 Å². The van der Waals surface area contributed by atoms with Gasteiger partial charge in [0.15, 0.2) is 0 Å². The van der Waals surface area contributed by atoms with E-state index in [2.05, 4.69) is 5.32 Å². The average molecular weight is 340 g/mol. The molecule has 1 amide bonds. The van der Waals surface area contributed by atoms with E-state index in [9.17, 15) is 13.6 Å². The molecule has 1 aliphatic heterocycles. The molecule has 24 heavy (non-hydrogen) atoms. The Morgan fingerprint density at radius 2 is 2.00 bits per heavy atom. The van der Waals surface area contributed by atoms with Crippen LogP contribution in [0.2, 0.25) is 0 Å². The second kappa shape index (κ2) is 7.92. The average Bonchev–Trinajstić information content (AvgIpc) is 2.52. The molecule has 1 aromatic carbocycles. The van der Waals surface area contributed by atoms with E-state index in [1.54, 1.807) is 4.90 Å². The van der Waals surface area contributed by atoms with Crippen molar-refractivity contribution < 1.29 is 18.3 Å². The van der Waals surface area contributed by atoms with E-state index >= 15 is 0 Å². The molecule has 0 aromatic heterocycles. The Hall–Kier alpha value is -1.69. The third-order valence-corrected chi connectivity index (χ3v) is 3.98. The fourth-order valence-corrected chi connectivity index (χ4v) is 2.94. The van der Waals surface area contributed by atoms with Crippen LogP contribution in [0.1, 0.15) is 45.2 Å². The first kappa shape index (κ1) is 18.6. The molecule has 4 nitrogen and oxygen atoms in total. The van der Waals surface area contributed by atoms with Gasteiger partial charge in [-0.3, -0.25) is 0 Å². The summed E-state index contributed by atoms with van der Waals surface area (Å²) in [6, 6.07) is 9.44. The van der Waals surface area contributed by atoms with Crippen molar-refractivity contribution in [1.29, 1.82) is 0 Å². The number of carbonyl (C=O) groups excluding carboxylic acids is 1. The molecule has 2 atom stereocenters. The summed E-state index contributed by atoms with van der Waals surface area (Å²) in [6.07, 6.45) is -1.50. The van der Waals surface area contributed by atoms with Crippen LogP contribution in [-0.2, 0) is 4.74 Å². The van der Waals surface area contributed by atoms with Crippen LogP contribution in [0.15, 0.2) is 30.3 Å². The summed E-state index contributed by atoms with van der Waals surface area (Å²) in [5, 5.41) is 2.90. The van der Waals surface area contributed by atoms with E-state index < -0.39 is 12.0 Å². The summed E-state index contributed by atoms with van der Waals surface area (Å²) in [4.78, 5) is 14.2. The summed E-state index contributed by atoms with van der Waals surface area (Å²) in [5.74, 6) is 0. The Kier molecular flexibility index (Phi) is 6.15. The molecule has 0 bridgehead atoms. The summed E-state index contributed by atoms with van der Waals surface area (Å²) < 4.78 is 30.4. The van der Waals surface area contributed by atoms with Gasteiger partial charge in [0, 0.05) is 12.6 Å². The summed E-state index contributed by atoms with van der Waals surface area (Å²) in [7, 11) is 0. The van der Waals surface area contributed by atoms with Crippen LogP contribution in [-0.4, -0.2) is 42.2 Å². The number of ether oxygens (including phenoxy) is 1. The minimum atomic E-state index is -2.37. The highest BCUT2D eigenvalue weighted by Gasteiger charge is 2.35. The minimum Gasteiger partial charge on any atom is -0.444 e. The first-order chi connectivity index (χ1) is 11.3. The molecule has 1 unspecified atom stereocenters. The number of likely N-dealkylation sites (tertiary alicyclic amines) is 1. The maximum absolute atomic E-state index is 12.5. The Morgan fingerprint density at radius 3 is 2.58 bits per heavy atom. The van der Waals surface area contributed by atoms with Gasteiger partial charge in [-0.2, -0.15) is 0 Å². The molecule has 0 saturated carbocycles. The van der Waals surface area contributed by atoms with Crippen LogP contribution in [0.4, 0.5) is 13.6 Å². The van der Waals surface area contributed by atoms with E-state index in [1.807, 2.05) is 51.1 Å². The van der Waals surface area contributed by atoms with E-state index in [-0.39, 0.29) is 24.7 Å². The summed E-state index contributed by atoms with van der Waals surface area (Å²) in [5.41, 5.74) is 0.426. The second-order valence-corrected chi connectivity index (χ2v) is 7.12. The Morgan fingerprint density at radius 1 is 1.33 bits per heavy atom. The lowest BCUT2D eigenvalue weighted by atomic mass is 9.92. The maximum atomic E-state index is 12.5. The molecular weight excluding hydrogens is 314 g/mol. The number of alkyl halides is 2. The van der Waals surface area contributed by atoms with Gasteiger partial charge < -0.3 is 15.0 Å². The van der Waals surface area contributed by atoms with Crippen molar-refractivity contribution in [3.8, 4) is 0 Å². The number of nitrogens with one attached hydrogen (secondary N) is 1. The third kappa shape index (κ3) is 5.44. The minimum absolute atomic E-state index is 0.0390. The quantitative estimate of drug-likeness (QED) is 0.901. The lowest BCUT2D eigenvalue weighted by Gasteiger charge is -2.40. The number of rotatable bonds is 4. The molecule has 6 heteroatoms. The Labute approximate surface area is 142 Å². The van der Waals surface area contributed by atoms with Crippen molar-refractivity contribution >= 4 is 6.09 Å². The number of benzene rings is 1. The predicted molar refractivity (Wildman–Crippen MR) is 89.2 cm³/mol. The van der Waals surface area contributed by atoms with Crippen molar-refractivity contribution in [2.75, 3.05) is 13.1 Å². The largest absolute Gasteiger partial charge is 0.444 e. The van der Waals surface area contributed by atoms with Crippen molar-refractivity contribution in [1.82, 2.24) is 10.2 Å². The fraction of sp³-hybridized carbons (Fsp3) is 0.611. The zero-order valence-corrected chi connectivity index (χ0v) is 14.5. The Balaban J connectivity index is 2.13. The first-order valence-corrected chi connectivity index (χ1v) is 8.32. The van der Waals surface area contributed by atoms with Gasteiger partial charge in [-0.25, -0.2) is 13.6 Å². The van der Waals surface area contributed by atoms with Crippen LogP contribution >= 0.6 is 0 Å². The van der Waals surface area contributed by atoms with Gasteiger partial charge in [-0.1, -0.05) is 30.3 Å². The van der Waals surface area contributed by atoms with Gasteiger partial charge in [0.25, 0.3) is 6.43 Å². The molecule has 1 saturated heterocycles. The van der Waals surface area contributed by atoms with Crippen molar-refractivity contribution in [2.45, 2.75) is 57.7 Å². The van der Waals surface area contributed by atoms with E-state index in [0.29, 0.717) is 19.4 Å². The standard InChI is InChI=1S/C18H26F2N2O2/c1-18(2,3)24-17(23)22-10-9-14(21-12-16(19)20)11-15(22)13-7-5-4-6-8-13/h4-8,14-16,21H,9-12H2,1-3H3/t14?,15-/m0/s1. The van der Waals surface area contributed by atoms with Gasteiger partial charge in [0.05, 0.1) is 12.6 Å².